The molecule has 0 saturated heterocycles. The molecule has 1 aliphatic rings. The Morgan fingerprint density at radius 1 is 1.09 bits per heavy atom. The van der Waals surface area contributed by atoms with Crippen molar-refractivity contribution in [3.63, 3.8) is 0 Å². The summed E-state index contributed by atoms with van der Waals surface area (Å²) < 4.78 is 6.16. The summed E-state index contributed by atoms with van der Waals surface area (Å²) in [6.45, 7) is 2.17. The largest absolute Gasteiger partial charge is 0.439 e. The van der Waals surface area contributed by atoms with E-state index in [0.717, 1.165) is 35.1 Å². The van der Waals surface area contributed by atoms with Crippen LogP contribution in [0, 0.1) is 6.92 Å². The Bertz CT molecular complexity index is 888. The fraction of sp³-hybridized carbons (Fsp3) is 0.250. The number of fused-ring (bicyclic) bond motifs is 2. The van der Waals surface area contributed by atoms with Crippen LogP contribution >= 0.6 is 11.6 Å². The molecule has 116 valence electrons. The van der Waals surface area contributed by atoms with Gasteiger partial charge >= 0.3 is 0 Å². The number of nitrogens with zero attached hydrogens (tertiary/aromatic N) is 1. The lowest BCUT2D eigenvalue weighted by Crippen LogP contribution is -1.96. The molecule has 3 aromatic rings. The molecule has 0 N–H and O–H groups in total. The van der Waals surface area contributed by atoms with Gasteiger partial charge in [-0.05, 0) is 60.6 Å². The molecule has 1 heterocycles. The zero-order valence-electron chi connectivity index (χ0n) is 13.1. The number of aromatic nitrogens is 1. The van der Waals surface area contributed by atoms with Crippen LogP contribution in [-0.2, 0) is 18.7 Å². The first-order valence-electron chi connectivity index (χ1n) is 8.00. The van der Waals surface area contributed by atoms with Gasteiger partial charge in [0.05, 0.1) is 5.52 Å². The van der Waals surface area contributed by atoms with Gasteiger partial charge in [0.2, 0.25) is 5.88 Å². The minimum Gasteiger partial charge on any atom is -0.439 e. The predicted octanol–water partition coefficient (Wildman–Crippen LogP) is 5.56. The fourth-order valence-electron chi connectivity index (χ4n) is 3.44. The summed E-state index contributed by atoms with van der Waals surface area (Å²) in [4.78, 5) is 4.65. The van der Waals surface area contributed by atoms with E-state index in [2.05, 4.69) is 24.0 Å². The molecule has 0 unspecified atom stereocenters. The molecule has 23 heavy (non-hydrogen) atoms. The molecule has 1 aromatic heterocycles. The third-order valence-electron chi connectivity index (χ3n) is 4.61. The van der Waals surface area contributed by atoms with Crippen molar-refractivity contribution >= 4 is 22.5 Å². The van der Waals surface area contributed by atoms with Gasteiger partial charge < -0.3 is 4.74 Å². The van der Waals surface area contributed by atoms with Gasteiger partial charge in [-0.15, -0.1) is 11.6 Å². The molecule has 0 saturated carbocycles. The molecule has 2 aromatic carbocycles. The molecular formula is C20H18ClNO. The lowest BCUT2D eigenvalue weighted by Gasteiger charge is -2.13. The molecule has 3 heteroatoms. The summed E-state index contributed by atoms with van der Waals surface area (Å²) in [7, 11) is 0. The van der Waals surface area contributed by atoms with Crippen molar-refractivity contribution in [2.75, 3.05) is 0 Å². The SMILES string of the molecule is Cc1ccc(Oc2cc(CCl)c3ccccc3n2)c2c1CCC2. The van der Waals surface area contributed by atoms with Crippen LogP contribution in [0.15, 0.2) is 42.5 Å². The highest BCUT2D eigenvalue weighted by Gasteiger charge is 2.18. The molecule has 0 atom stereocenters. The van der Waals surface area contributed by atoms with E-state index in [1.54, 1.807) is 0 Å². The van der Waals surface area contributed by atoms with Crippen LogP contribution in [0.5, 0.6) is 11.6 Å². The van der Waals surface area contributed by atoms with Crippen LogP contribution in [0.3, 0.4) is 0 Å². The van der Waals surface area contributed by atoms with Crippen LogP contribution in [-0.4, -0.2) is 4.98 Å². The fourth-order valence-corrected chi connectivity index (χ4v) is 3.67. The molecule has 0 spiro atoms. The van der Waals surface area contributed by atoms with E-state index in [1.165, 1.54) is 23.1 Å². The van der Waals surface area contributed by atoms with Gasteiger partial charge in [0.25, 0.3) is 0 Å². The maximum atomic E-state index is 6.16. The number of pyridine rings is 1. The zero-order valence-corrected chi connectivity index (χ0v) is 13.9. The van der Waals surface area contributed by atoms with Crippen molar-refractivity contribution < 1.29 is 4.74 Å². The molecule has 0 aliphatic heterocycles. The maximum absolute atomic E-state index is 6.16. The molecular weight excluding hydrogens is 306 g/mol. The zero-order chi connectivity index (χ0) is 15.8. The van der Waals surface area contributed by atoms with Gasteiger partial charge in [0, 0.05) is 17.3 Å². The van der Waals surface area contributed by atoms with Crippen molar-refractivity contribution in [2.24, 2.45) is 0 Å². The van der Waals surface area contributed by atoms with Crippen LogP contribution in [0.4, 0.5) is 0 Å². The van der Waals surface area contributed by atoms with Crippen molar-refractivity contribution in [1.82, 2.24) is 4.98 Å². The highest BCUT2D eigenvalue weighted by Crippen LogP contribution is 2.36. The summed E-state index contributed by atoms with van der Waals surface area (Å²) in [6, 6.07) is 14.2. The summed E-state index contributed by atoms with van der Waals surface area (Å²) in [5.41, 5.74) is 6.12. The van der Waals surface area contributed by atoms with Gasteiger partial charge in [-0.25, -0.2) is 4.98 Å². The van der Waals surface area contributed by atoms with Gasteiger partial charge in [-0.2, -0.15) is 0 Å². The molecule has 0 amide bonds. The molecule has 0 fully saturated rings. The van der Waals surface area contributed by atoms with Crippen LogP contribution in [0.1, 0.15) is 28.7 Å². The first-order valence-corrected chi connectivity index (χ1v) is 8.53. The average Bonchev–Trinajstić information content (AvgIpc) is 3.07. The lowest BCUT2D eigenvalue weighted by atomic mass is 10.0. The standard InChI is InChI=1S/C20H18ClNO/c1-13-9-10-19(17-7-4-6-15(13)17)23-20-11-14(12-21)16-5-2-3-8-18(16)22-20/h2-3,5,8-11H,4,6-7,12H2,1H3. The third-order valence-corrected chi connectivity index (χ3v) is 4.90. The van der Waals surface area contributed by atoms with E-state index >= 15 is 0 Å². The minimum absolute atomic E-state index is 0.450. The van der Waals surface area contributed by atoms with E-state index in [1.807, 2.05) is 30.3 Å². The normalized spacial score (nSPS) is 13.3. The number of aryl methyl sites for hydroxylation is 1. The van der Waals surface area contributed by atoms with Crippen LogP contribution in [0.25, 0.3) is 10.9 Å². The first kappa shape index (κ1) is 14.5. The van der Waals surface area contributed by atoms with E-state index in [9.17, 15) is 0 Å². The molecule has 2 nitrogen and oxygen atoms in total. The Morgan fingerprint density at radius 2 is 1.91 bits per heavy atom. The molecule has 4 rings (SSSR count). The number of rotatable bonds is 3. The summed E-state index contributed by atoms with van der Waals surface area (Å²) >= 11 is 6.11. The Hall–Kier alpha value is -2.06. The minimum atomic E-state index is 0.450. The second kappa shape index (κ2) is 5.86. The number of halogens is 1. The number of benzene rings is 2. The third kappa shape index (κ3) is 2.57. The smallest absolute Gasteiger partial charge is 0.220 e. The number of para-hydroxylation sites is 1. The van der Waals surface area contributed by atoms with Gasteiger partial charge in [-0.1, -0.05) is 24.3 Å². The summed E-state index contributed by atoms with van der Waals surface area (Å²) in [5, 5.41) is 1.09. The lowest BCUT2D eigenvalue weighted by molar-refractivity contribution is 0.459. The second-order valence-electron chi connectivity index (χ2n) is 6.06. The van der Waals surface area contributed by atoms with Gasteiger partial charge in [0.15, 0.2) is 0 Å². The molecule has 0 radical (unpaired) electrons. The number of hydrogen-bond donors (Lipinski definition) is 0. The topological polar surface area (TPSA) is 22.1 Å². The van der Waals surface area contributed by atoms with Gasteiger partial charge in [0.1, 0.15) is 5.75 Å². The first-order chi connectivity index (χ1) is 11.3. The van der Waals surface area contributed by atoms with Crippen molar-refractivity contribution in [2.45, 2.75) is 32.1 Å². The van der Waals surface area contributed by atoms with Crippen molar-refractivity contribution in [3.8, 4) is 11.6 Å². The van der Waals surface area contributed by atoms with E-state index in [4.69, 9.17) is 16.3 Å². The van der Waals surface area contributed by atoms with Crippen LogP contribution < -0.4 is 4.74 Å². The van der Waals surface area contributed by atoms with E-state index in [0.29, 0.717) is 11.8 Å². The predicted molar refractivity (Wildman–Crippen MR) is 94.6 cm³/mol. The quantitative estimate of drug-likeness (QED) is 0.588. The summed E-state index contributed by atoms with van der Waals surface area (Å²) in [5.74, 6) is 2.01. The Labute approximate surface area is 141 Å². The van der Waals surface area contributed by atoms with Crippen molar-refractivity contribution in [1.29, 1.82) is 0 Å². The van der Waals surface area contributed by atoms with Gasteiger partial charge in [-0.3, -0.25) is 0 Å². The number of ether oxygens (including phenoxy) is 1. The second-order valence-corrected chi connectivity index (χ2v) is 6.33. The van der Waals surface area contributed by atoms with E-state index < -0.39 is 0 Å². The highest BCUT2D eigenvalue weighted by molar-refractivity contribution is 6.18. The monoisotopic (exact) mass is 323 g/mol. The van der Waals surface area contributed by atoms with E-state index in [-0.39, 0.29) is 0 Å². The molecule has 1 aliphatic carbocycles. The van der Waals surface area contributed by atoms with Crippen molar-refractivity contribution in [3.05, 3.63) is 64.7 Å². The van der Waals surface area contributed by atoms with Crippen LogP contribution in [0.2, 0.25) is 0 Å². The summed E-state index contributed by atoms with van der Waals surface area (Å²) in [6.07, 6.45) is 3.44. The number of hydrogen-bond acceptors (Lipinski definition) is 2. The number of alkyl halides is 1. The highest BCUT2D eigenvalue weighted by atomic mass is 35.5. The Balaban J connectivity index is 1.78. The maximum Gasteiger partial charge on any atom is 0.220 e. The average molecular weight is 324 g/mol. The molecule has 0 bridgehead atoms. The Morgan fingerprint density at radius 3 is 2.78 bits per heavy atom. The Kier molecular flexibility index (Phi) is 3.70.